The van der Waals surface area contributed by atoms with Gasteiger partial charge in [-0.3, -0.25) is 4.99 Å². The van der Waals surface area contributed by atoms with E-state index in [0.717, 1.165) is 45.0 Å². The summed E-state index contributed by atoms with van der Waals surface area (Å²) in [6.45, 7) is 8.34. The Morgan fingerprint density at radius 3 is 2.27 bits per heavy atom. The first-order chi connectivity index (χ1) is 10.8. The molecule has 0 amide bonds. The molecule has 1 rings (SSSR count). The number of aliphatic imine (C=N–C) groups is 1. The van der Waals surface area contributed by atoms with E-state index in [0.29, 0.717) is 6.10 Å². The highest BCUT2D eigenvalue weighted by molar-refractivity contribution is 5.79. The smallest absolute Gasteiger partial charge is 0.193 e. The summed E-state index contributed by atoms with van der Waals surface area (Å²) in [5.74, 6) is 1.07. The van der Waals surface area contributed by atoms with Crippen molar-refractivity contribution in [1.29, 1.82) is 0 Å². The number of hydrogen-bond donors (Lipinski definition) is 1. The number of rotatable bonds is 10. The van der Waals surface area contributed by atoms with Gasteiger partial charge in [-0.1, -0.05) is 45.4 Å². The van der Waals surface area contributed by atoms with Gasteiger partial charge in [0.25, 0.3) is 0 Å². The SMILES string of the molecule is CCCCCCCCCNC(=NC)N1CCC(OCC)CC1. The summed E-state index contributed by atoms with van der Waals surface area (Å²) in [5, 5.41) is 3.52. The maximum atomic E-state index is 5.71. The second kappa shape index (κ2) is 12.7. The van der Waals surface area contributed by atoms with Crippen LogP contribution in [0.2, 0.25) is 0 Å². The van der Waals surface area contributed by atoms with Gasteiger partial charge in [0.1, 0.15) is 0 Å². The van der Waals surface area contributed by atoms with Gasteiger partial charge >= 0.3 is 0 Å². The molecule has 0 aromatic rings. The van der Waals surface area contributed by atoms with Gasteiger partial charge in [0.2, 0.25) is 0 Å². The van der Waals surface area contributed by atoms with Crippen LogP contribution in [0.5, 0.6) is 0 Å². The monoisotopic (exact) mass is 311 g/mol. The van der Waals surface area contributed by atoms with Crippen molar-refractivity contribution >= 4 is 5.96 Å². The normalized spacial score (nSPS) is 17.0. The van der Waals surface area contributed by atoms with E-state index in [4.69, 9.17) is 4.74 Å². The molecule has 1 fully saturated rings. The van der Waals surface area contributed by atoms with Crippen LogP contribution in [-0.4, -0.2) is 50.3 Å². The molecular weight excluding hydrogens is 274 g/mol. The van der Waals surface area contributed by atoms with Crippen molar-refractivity contribution in [3.8, 4) is 0 Å². The molecule has 130 valence electrons. The molecule has 1 aliphatic rings. The van der Waals surface area contributed by atoms with Crippen molar-refractivity contribution in [3.63, 3.8) is 0 Å². The van der Waals surface area contributed by atoms with Crippen molar-refractivity contribution in [1.82, 2.24) is 10.2 Å². The van der Waals surface area contributed by atoms with Crippen LogP contribution in [0.15, 0.2) is 4.99 Å². The molecule has 1 N–H and O–H groups in total. The van der Waals surface area contributed by atoms with Crippen molar-refractivity contribution in [2.24, 2.45) is 4.99 Å². The number of hydrogen-bond acceptors (Lipinski definition) is 2. The zero-order valence-corrected chi connectivity index (χ0v) is 15.1. The summed E-state index contributed by atoms with van der Waals surface area (Å²) in [7, 11) is 1.89. The molecular formula is C18H37N3O. The standard InChI is InChI=1S/C18H37N3O/c1-4-6-7-8-9-10-11-14-20-18(19-3)21-15-12-17(13-16-21)22-5-2/h17H,4-16H2,1-3H3,(H,19,20). The first-order valence-corrected chi connectivity index (χ1v) is 9.39. The summed E-state index contributed by atoms with van der Waals surface area (Å²) in [6, 6.07) is 0. The fourth-order valence-corrected chi connectivity index (χ4v) is 3.08. The molecule has 4 nitrogen and oxygen atoms in total. The Morgan fingerprint density at radius 1 is 1.05 bits per heavy atom. The highest BCUT2D eigenvalue weighted by Gasteiger charge is 2.21. The largest absolute Gasteiger partial charge is 0.378 e. The summed E-state index contributed by atoms with van der Waals surface area (Å²) < 4.78 is 5.71. The van der Waals surface area contributed by atoms with Crippen molar-refractivity contribution in [3.05, 3.63) is 0 Å². The van der Waals surface area contributed by atoms with Gasteiger partial charge in [-0.25, -0.2) is 0 Å². The summed E-state index contributed by atoms with van der Waals surface area (Å²) in [5.41, 5.74) is 0. The molecule has 0 radical (unpaired) electrons. The zero-order chi connectivity index (χ0) is 16.0. The molecule has 4 heteroatoms. The molecule has 0 aromatic heterocycles. The summed E-state index contributed by atoms with van der Waals surface area (Å²) in [4.78, 5) is 6.80. The van der Waals surface area contributed by atoms with E-state index in [9.17, 15) is 0 Å². The highest BCUT2D eigenvalue weighted by atomic mass is 16.5. The molecule has 1 aliphatic heterocycles. The maximum Gasteiger partial charge on any atom is 0.193 e. The molecule has 0 aliphatic carbocycles. The molecule has 0 unspecified atom stereocenters. The second-order valence-electron chi connectivity index (χ2n) is 6.24. The highest BCUT2D eigenvalue weighted by Crippen LogP contribution is 2.13. The van der Waals surface area contributed by atoms with E-state index in [1.807, 2.05) is 7.05 Å². The number of ether oxygens (including phenoxy) is 1. The van der Waals surface area contributed by atoms with Gasteiger partial charge in [-0.15, -0.1) is 0 Å². The van der Waals surface area contributed by atoms with Crippen LogP contribution in [0.25, 0.3) is 0 Å². The lowest BCUT2D eigenvalue weighted by Crippen LogP contribution is -2.47. The Bertz CT molecular complexity index is 286. The Hall–Kier alpha value is -0.770. The zero-order valence-electron chi connectivity index (χ0n) is 15.1. The van der Waals surface area contributed by atoms with Gasteiger partial charge in [0.05, 0.1) is 6.10 Å². The lowest BCUT2D eigenvalue weighted by molar-refractivity contribution is 0.0264. The summed E-state index contributed by atoms with van der Waals surface area (Å²) in [6.07, 6.45) is 12.2. The molecule has 0 saturated carbocycles. The minimum absolute atomic E-state index is 0.447. The number of nitrogens with zero attached hydrogens (tertiary/aromatic N) is 2. The lowest BCUT2D eigenvalue weighted by atomic mass is 10.1. The third kappa shape index (κ3) is 8.02. The van der Waals surface area contributed by atoms with E-state index >= 15 is 0 Å². The van der Waals surface area contributed by atoms with Crippen LogP contribution >= 0.6 is 0 Å². The van der Waals surface area contributed by atoms with Crippen LogP contribution in [0.3, 0.4) is 0 Å². The maximum absolute atomic E-state index is 5.71. The van der Waals surface area contributed by atoms with Crippen LogP contribution in [0, 0.1) is 0 Å². The van der Waals surface area contributed by atoms with Gasteiger partial charge in [0.15, 0.2) is 5.96 Å². The predicted molar refractivity (Wildman–Crippen MR) is 95.6 cm³/mol. The Balaban J connectivity index is 2.08. The third-order valence-electron chi connectivity index (χ3n) is 4.42. The van der Waals surface area contributed by atoms with Crippen molar-refractivity contribution in [2.75, 3.05) is 33.3 Å². The topological polar surface area (TPSA) is 36.9 Å². The van der Waals surface area contributed by atoms with Crippen LogP contribution < -0.4 is 5.32 Å². The van der Waals surface area contributed by atoms with E-state index < -0.39 is 0 Å². The van der Waals surface area contributed by atoms with Gasteiger partial charge < -0.3 is 15.0 Å². The summed E-state index contributed by atoms with van der Waals surface area (Å²) >= 11 is 0. The first-order valence-electron chi connectivity index (χ1n) is 9.39. The molecule has 0 aromatic carbocycles. The molecule has 1 saturated heterocycles. The average Bonchev–Trinajstić information content (AvgIpc) is 2.55. The fraction of sp³-hybridized carbons (Fsp3) is 0.944. The molecule has 22 heavy (non-hydrogen) atoms. The molecule has 0 spiro atoms. The minimum Gasteiger partial charge on any atom is -0.378 e. The quantitative estimate of drug-likeness (QED) is 0.379. The van der Waals surface area contributed by atoms with Crippen LogP contribution in [0.4, 0.5) is 0 Å². The Labute approximate surface area is 137 Å². The number of likely N-dealkylation sites (tertiary alicyclic amines) is 1. The van der Waals surface area contributed by atoms with E-state index in [1.165, 1.54) is 44.9 Å². The van der Waals surface area contributed by atoms with Crippen LogP contribution in [-0.2, 0) is 4.74 Å². The van der Waals surface area contributed by atoms with Gasteiger partial charge in [-0.2, -0.15) is 0 Å². The third-order valence-corrected chi connectivity index (χ3v) is 4.42. The Kier molecular flexibility index (Phi) is 11.2. The molecule has 0 bridgehead atoms. The number of guanidine groups is 1. The minimum atomic E-state index is 0.447. The molecule has 1 heterocycles. The van der Waals surface area contributed by atoms with Crippen molar-refractivity contribution in [2.45, 2.75) is 77.7 Å². The van der Waals surface area contributed by atoms with E-state index in [-0.39, 0.29) is 0 Å². The second-order valence-corrected chi connectivity index (χ2v) is 6.24. The predicted octanol–water partition coefficient (Wildman–Crippen LogP) is 3.81. The van der Waals surface area contributed by atoms with Gasteiger partial charge in [-0.05, 0) is 26.2 Å². The first kappa shape index (κ1) is 19.3. The number of piperidine rings is 1. The Morgan fingerprint density at radius 2 is 1.68 bits per heavy atom. The van der Waals surface area contributed by atoms with E-state index in [1.54, 1.807) is 0 Å². The average molecular weight is 312 g/mol. The molecule has 0 atom stereocenters. The van der Waals surface area contributed by atoms with Crippen LogP contribution in [0.1, 0.15) is 71.6 Å². The number of nitrogens with one attached hydrogen (secondary N) is 1. The van der Waals surface area contributed by atoms with Gasteiger partial charge in [0, 0.05) is 33.3 Å². The van der Waals surface area contributed by atoms with E-state index in [2.05, 4.69) is 29.1 Å². The number of unbranched alkanes of at least 4 members (excludes halogenated alkanes) is 6. The van der Waals surface area contributed by atoms with Crippen molar-refractivity contribution < 1.29 is 4.74 Å². The lowest BCUT2D eigenvalue weighted by Gasteiger charge is -2.34. The fourth-order valence-electron chi connectivity index (χ4n) is 3.08.